The molecular weight excluding hydrogens is 286 g/mol. The molecule has 0 saturated heterocycles. The molecule has 2 aromatic carbocycles. The molecular formula is C20H21NO2. The van der Waals surface area contributed by atoms with Gasteiger partial charge in [0.1, 0.15) is 0 Å². The van der Waals surface area contributed by atoms with E-state index in [1.54, 1.807) is 6.20 Å². The summed E-state index contributed by atoms with van der Waals surface area (Å²) in [4.78, 5) is 11.5. The third kappa shape index (κ3) is 2.74. The van der Waals surface area contributed by atoms with Gasteiger partial charge in [-0.05, 0) is 43.0 Å². The van der Waals surface area contributed by atoms with Crippen LogP contribution in [0, 0.1) is 0 Å². The van der Waals surface area contributed by atoms with Gasteiger partial charge in [0, 0.05) is 23.1 Å². The van der Waals surface area contributed by atoms with Crippen molar-refractivity contribution in [1.82, 2.24) is 4.57 Å². The van der Waals surface area contributed by atoms with Crippen molar-refractivity contribution in [3.63, 3.8) is 0 Å². The number of aryl methyl sites for hydroxylation is 1. The van der Waals surface area contributed by atoms with Crippen molar-refractivity contribution < 1.29 is 9.90 Å². The molecule has 23 heavy (non-hydrogen) atoms. The van der Waals surface area contributed by atoms with Crippen LogP contribution < -0.4 is 0 Å². The van der Waals surface area contributed by atoms with Gasteiger partial charge in [0.2, 0.25) is 0 Å². The smallest absolute Gasteiger partial charge is 0.337 e. The first-order valence-electron chi connectivity index (χ1n) is 7.98. The highest BCUT2D eigenvalue weighted by Gasteiger charge is 2.16. The minimum Gasteiger partial charge on any atom is -0.478 e. The van der Waals surface area contributed by atoms with Gasteiger partial charge in [0.15, 0.2) is 0 Å². The molecule has 0 amide bonds. The lowest BCUT2D eigenvalue weighted by Crippen LogP contribution is -1.99. The molecule has 3 heteroatoms. The van der Waals surface area contributed by atoms with E-state index in [1.807, 2.05) is 16.7 Å². The van der Waals surface area contributed by atoms with E-state index in [9.17, 15) is 9.90 Å². The number of carbonyl (C=O) groups is 1. The second kappa shape index (κ2) is 5.92. The second-order valence-corrected chi connectivity index (χ2v) is 6.13. The molecule has 1 aromatic heterocycles. The molecule has 0 bridgehead atoms. The number of carboxylic acid groups (broad SMARTS) is 1. The fourth-order valence-corrected chi connectivity index (χ4v) is 3.00. The van der Waals surface area contributed by atoms with Crippen molar-refractivity contribution in [3.8, 4) is 11.1 Å². The van der Waals surface area contributed by atoms with E-state index in [0.29, 0.717) is 5.56 Å². The molecule has 0 aliphatic carbocycles. The summed E-state index contributed by atoms with van der Waals surface area (Å²) >= 11 is 0. The van der Waals surface area contributed by atoms with Crippen molar-refractivity contribution in [2.75, 3.05) is 0 Å². The molecule has 3 aromatic rings. The van der Waals surface area contributed by atoms with Gasteiger partial charge < -0.3 is 9.67 Å². The number of aromatic nitrogens is 1. The standard InChI is InChI=1S/C20H21NO2/c1-4-14-6-5-7-15(10-14)16-8-9-17-18(20(22)23)12-21(13(2)3)19(17)11-16/h5-13H,4H2,1-3H3,(H,22,23). The number of hydrogen-bond donors (Lipinski definition) is 1. The number of nitrogens with zero attached hydrogens (tertiary/aromatic N) is 1. The van der Waals surface area contributed by atoms with E-state index < -0.39 is 5.97 Å². The Morgan fingerprint density at radius 2 is 1.87 bits per heavy atom. The van der Waals surface area contributed by atoms with Gasteiger partial charge in [-0.25, -0.2) is 4.79 Å². The SMILES string of the molecule is CCc1cccc(-c2ccc3c(C(=O)O)cn(C(C)C)c3c2)c1. The van der Waals surface area contributed by atoms with Crippen molar-refractivity contribution in [2.45, 2.75) is 33.2 Å². The van der Waals surface area contributed by atoms with Crippen LogP contribution in [0.5, 0.6) is 0 Å². The first kappa shape index (κ1) is 15.3. The van der Waals surface area contributed by atoms with Crippen LogP contribution in [-0.2, 0) is 6.42 Å². The zero-order chi connectivity index (χ0) is 16.6. The van der Waals surface area contributed by atoms with Gasteiger partial charge in [-0.1, -0.05) is 43.3 Å². The Bertz CT molecular complexity index is 874. The largest absolute Gasteiger partial charge is 0.478 e. The van der Waals surface area contributed by atoms with E-state index in [1.165, 1.54) is 11.1 Å². The van der Waals surface area contributed by atoms with Crippen LogP contribution in [-0.4, -0.2) is 15.6 Å². The van der Waals surface area contributed by atoms with E-state index in [-0.39, 0.29) is 6.04 Å². The molecule has 0 unspecified atom stereocenters. The molecule has 118 valence electrons. The van der Waals surface area contributed by atoms with Gasteiger partial charge >= 0.3 is 5.97 Å². The lowest BCUT2D eigenvalue weighted by Gasteiger charge is -2.10. The number of aromatic carboxylic acids is 1. The Morgan fingerprint density at radius 3 is 2.52 bits per heavy atom. The molecule has 3 nitrogen and oxygen atoms in total. The minimum absolute atomic E-state index is 0.211. The third-order valence-corrected chi connectivity index (χ3v) is 4.29. The maximum atomic E-state index is 11.5. The number of carboxylic acids is 1. The fourth-order valence-electron chi connectivity index (χ4n) is 3.00. The molecule has 1 N–H and O–H groups in total. The zero-order valence-corrected chi connectivity index (χ0v) is 13.7. The predicted molar refractivity (Wildman–Crippen MR) is 94.1 cm³/mol. The summed E-state index contributed by atoms with van der Waals surface area (Å²) in [7, 11) is 0. The second-order valence-electron chi connectivity index (χ2n) is 6.13. The molecule has 0 radical (unpaired) electrons. The number of rotatable bonds is 4. The maximum Gasteiger partial charge on any atom is 0.337 e. The van der Waals surface area contributed by atoms with Gasteiger partial charge in [0.05, 0.1) is 5.56 Å². The molecule has 0 aliphatic rings. The molecule has 0 atom stereocenters. The number of fused-ring (bicyclic) bond motifs is 1. The van der Waals surface area contributed by atoms with Gasteiger partial charge in [-0.15, -0.1) is 0 Å². The summed E-state index contributed by atoms with van der Waals surface area (Å²) < 4.78 is 2.03. The lowest BCUT2D eigenvalue weighted by atomic mass is 10.0. The Labute approximate surface area is 136 Å². The van der Waals surface area contributed by atoms with E-state index in [0.717, 1.165) is 22.9 Å². The topological polar surface area (TPSA) is 42.2 Å². The maximum absolute atomic E-state index is 11.5. The summed E-state index contributed by atoms with van der Waals surface area (Å²) in [5, 5.41) is 10.2. The molecule has 0 fully saturated rings. The highest BCUT2D eigenvalue weighted by molar-refractivity contribution is 6.04. The molecule has 1 heterocycles. The molecule has 0 aliphatic heterocycles. The van der Waals surface area contributed by atoms with Crippen molar-refractivity contribution >= 4 is 16.9 Å². The Morgan fingerprint density at radius 1 is 1.13 bits per heavy atom. The van der Waals surface area contributed by atoms with Crippen LogP contribution in [0.3, 0.4) is 0 Å². The predicted octanol–water partition coefficient (Wildman–Crippen LogP) is 5.15. The summed E-state index contributed by atoms with van der Waals surface area (Å²) in [5.41, 5.74) is 4.91. The van der Waals surface area contributed by atoms with Crippen molar-refractivity contribution in [2.24, 2.45) is 0 Å². The molecule has 0 saturated carbocycles. The van der Waals surface area contributed by atoms with Crippen LogP contribution in [0.2, 0.25) is 0 Å². The quantitative estimate of drug-likeness (QED) is 0.724. The van der Waals surface area contributed by atoms with Crippen LogP contribution in [0.1, 0.15) is 42.7 Å². The number of benzene rings is 2. The van der Waals surface area contributed by atoms with E-state index in [4.69, 9.17) is 0 Å². The first-order valence-corrected chi connectivity index (χ1v) is 7.98. The Hall–Kier alpha value is -2.55. The van der Waals surface area contributed by atoms with Crippen LogP contribution in [0.25, 0.3) is 22.0 Å². The average Bonchev–Trinajstić information content (AvgIpc) is 2.94. The van der Waals surface area contributed by atoms with Gasteiger partial charge in [0.25, 0.3) is 0 Å². The van der Waals surface area contributed by atoms with E-state index >= 15 is 0 Å². The van der Waals surface area contributed by atoms with Crippen LogP contribution in [0.4, 0.5) is 0 Å². The van der Waals surface area contributed by atoms with E-state index in [2.05, 4.69) is 51.1 Å². The Kier molecular flexibility index (Phi) is 3.95. The van der Waals surface area contributed by atoms with Crippen molar-refractivity contribution in [1.29, 1.82) is 0 Å². The molecule has 3 rings (SSSR count). The summed E-state index contributed by atoms with van der Waals surface area (Å²) in [6, 6.07) is 14.7. The van der Waals surface area contributed by atoms with Crippen LogP contribution >= 0.6 is 0 Å². The normalized spacial score (nSPS) is 11.3. The van der Waals surface area contributed by atoms with Gasteiger partial charge in [-0.2, -0.15) is 0 Å². The summed E-state index contributed by atoms with van der Waals surface area (Å²) in [6.07, 6.45) is 2.74. The van der Waals surface area contributed by atoms with Gasteiger partial charge in [-0.3, -0.25) is 0 Å². The monoisotopic (exact) mass is 307 g/mol. The summed E-state index contributed by atoms with van der Waals surface area (Å²) in [5.74, 6) is -0.880. The zero-order valence-electron chi connectivity index (χ0n) is 13.7. The summed E-state index contributed by atoms with van der Waals surface area (Å²) in [6.45, 7) is 6.27. The number of hydrogen-bond acceptors (Lipinski definition) is 1. The highest BCUT2D eigenvalue weighted by atomic mass is 16.4. The third-order valence-electron chi connectivity index (χ3n) is 4.29. The van der Waals surface area contributed by atoms with Crippen LogP contribution in [0.15, 0.2) is 48.7 Å². The lowest BCUT2D eigenvalue weighted by molar-refractivity contribution is 0.0698. The molecule has 0 spiro atoms. The average molecular weight is 307 g/mol. The minimum atomic E-state index is -0.880. The highest BCUT2D eigenvalue weighted by Crippen LogP contribution is 2.30. The Balaban J connectivity index is 2.21. The first-order chi connectivity index (χ1) is 11.0. The van der Waals surface area contributed by atoms with Crippen molar-refractivity contribution in [3.05, 3.63) is 59.8 Å². The fraction of sp³-hybridized carbons (Fsp3) is 0.250.